The Morgan fingerprint density at radius 2 is 1.92 bits per heavy atom. The molecule has 1 aliphatic rings. The Hall–Kier alpha value is -1.76. The van der Waals surface area contributed by atoms with E-state index < -0.39 is 0 Å². The number of ether oxygens (including phenoxy) is 1. The first-order valence-electron chi connectivity index (χ1n) is 7.90. The quantitative estimate of drug-likeness (QED) is 0.543. The highest BCUT2D eigenvalue weighted by molar-refractivity contribution is 9.10. The van der Waals surface area contributed by atoms with Crippen LogP contribution in [0.5, 0.6) is 5.75 Å². The zero-order valence-corrected chi connectivity index (χ0v) is 17.0. The van der Waals surface area contributed by atoms with Crippen molar-refractivity contribution in [2.75, 3.05) is 6.54 Å². The third-order valence-corrected chi connectivity index (χ3v) is 5.41. The van der Waals surface area contributed by atoms with Gasteiger partial charge in [-0.25, -0.2) is 0 Å². The topological polar surface area (TPSA) is 46.6 Å². The lowest BCUT2D eigenvalue weighted by molar-refractivity contribution is -0.122. The summed E-state index contributed by atoms with van der Waals surface area (Å²) in [6, 6.07) is 13.0. The van der Waals surface area contributed by atoms with Gasteiger partial charge in [-0.15, -0.1) is 0 Å². The summed E-state index contributed by atoms with van der Waals surface area (Å²) in [6.45, 7) is 2.51. The van der Waals surface area contributed by atoms with Gasteiger partial charge in [0.05, 0.1) is 4.91 Å². The Bertz CT molecular complexity index is 883. The molecule has 1 aliphatic heterocycles. The normalized spacial score (nSPS) is 15.8. The molecule has 0 atom stereocenters. The second kappa shape index (κ2) is 8.29. The average Bonchev–Trinajstić information content (AvgIpc) is 2.88. The number of carbonyl (C=O) groups is 2. The molecule has 7 heteroatoms. The van der Waals surface area contributed by atoms with E-state index in [1.165, 1.54) is 4.90 Å². The molecule has 1 saturated heterocycles. The Morgan fingerprint density at radius 3 is 2.58 bits per heavy atom. The lowest BCUT2D eigenvalue weighted by Crippen LogP contribution is -2.27. The Kier molecular flexibility index (Phi) is 6.06. The van der Waals surface area contributed by atoms with Gasteiger partial charge in [-0.05, 0) is 60.7 Å². The van der Waals surface area contributed by atoms with E-state index in [4.69, 9.17) is 16.3 Å². The van der Waals surface area contributed by atoms with Crippen molar-refractivity contribution in [3.8, 4) is 5.75 Å². The summed E-state index contributed by atoms with van der Waals surface area (Å²) in [5, 5.41) is 0.423. The minimum atomic E-state index is -0.272. The molecule has 0 saturated carbocycles. The van der Waals surface area contributed by atoms with Crippen LogP contribution >= 0.6 is 39.3 Å². The molecule has 0 radical (unpaired) electrons. The van der Waals surface area contributed by atoms with Crippen LogP contribution in [0, 0.1) is 0 Å². The molecule has 0 bridgehead atoms. The van der Waals surface area contributed by atoms with Gasteiger partial charge < -0.3 is 4.74 Å². The van der Waals surface area contributed by atoms with Crippen LogP contribution in [-0.4, -0.2) is 22.6 Å². The van der Waals surface area contributed by atoms with E-state index in [2.05, 4.69) is 15.9 Å². The molecule has 1 heterocycles. The van der Waals surface area contributed by atoms with E-state index in [1.54, 1.807) is 13.0 Å². The van der Waals surface area contributed by atoms with Gasteiger partial charge in [0.1, 0.15) is 12.4 Å². The molecule has 0 unspecified atom stereocenters. The molecule has 3 rings (SSSR count). The second-order valence-electron chi connectivity index (χ2n) is 5.52. The van der Waals surface area contributed by atoms with Gasteiger partial charge in [-0.3, -0.25) is 14.5 Å². The summed E-state index contributed by atoms with van der Waals surface area (Å²) in [5.74, 6) is 0.359. The fourth-order valence-electron chi connectivity index (χ4n) is 2.42. The maximum atomic E-state index is 12.3. The molecule has 4 nitrogen and oxygen atoms in total. The van der Waals surface area contributed by atoms with E-state index in [-0.39, 0.29) is 11.1 Å². The van der Waals surface area contributed by atoms with E-state index in [0.717, 1.165) is 27.4 Å². The maximum absolute atomic E-state index is 12.3. The van der Waals surface area contributed by atoms with Crippen LogP contribution in [0.2, 0.25) is 5.02 Å². The molecule has 2 aromatic rings. The lowest BCUT2D eigenvalue weighted by Gasteiger charge is -2.11. The van der Waals surface area contributed by atoms with Crippen LogP contribution in [-0.2, 0) is 11.4 Å². The van der Waals surface area contributed by atoms with Crippen LogP contribution in [0.3, 0.4) is 0 Å². The highest BCUT2D eigenvalue weighted by Crippen LogP contribution is 2.34. The molecular weight excluding hydrogens is 438 g/mol. The number of likely N-dealkylation sites (N-methyl/N-ethyl adjacent to an activating group) is 1. The Balaban J connectivity index is 1.84. The predicted molar refractivity (Wildman–Crippen MR) is 108 cm³/mol. The van der Waals surface area contributed by atoms with Crippen molar-refractivity contribution < 1.29 is 14.3 Å². The van der Waals surface area contributed by atoms with Crippen molar-refractivity contribution in [3.63, 3.8) is 0 Å². The van der Waals surface area contributed by atoms with Crippen LogP contribution < -0.4 is 4.74 Å². The summed E-state index contributed by atoms with van der Waals surface area (Å²) in [5.41, 5.74) is 1.71. The first-order chi connectivity index (χ1) is 12.5. The summed E-state index contributed by atoms with van der Waals surface area (Å²) in [7, 11) is 0. The number of imide groups is 1. The second-order valence-corrected chi connectivity index (χ2v) is 7.87. The third kappa shape index (κ3) is 4.31. The molecule has 26 heavy (non-hydrogen) atoms. The third-order valence-electron chi connectivity index (χ3n) is 3.76. The van der Waals surface area contributed by atoms with Gasteiger partial charge in [-0.2, -0.15) is 0 Å². The van der Waals surface area contributed by atoms with Gasteiger partial charge >= 0.3 is 0 Å². The first-order valence-corrected chi connectivity index (χ1v) is 9.89. The van der Waals surface area contributed by atoms with Crippen molar-refractivity contribution in [2.24, 2.45) is 0 Å². The Morgan fingerprint density at radius 1 is 1.19 bits per heavy atom. The summed E-state index contributed by atoms with van der Waals surface area (Å²) < 4.78 is 6.77. The summed E-state index contributed by atoms with van der Waals surface area (Å²) in [4.78, 5) is 25.8. The molecule has 1 fully saturated rings. The number of hydrogen-bond acceptors (Lipinski definition) is 4. The van der Waals surface area contributed by atoms with E-state index in [9.17, 15) is 9.59 Å². The minimum Gasteiger partial charge on any atom is -0.488 e. The lowest BCUT2D eigenvalue weighted by atomic mass is 10.1. The number of carbonyl (C=O) groups excluding carboxylic acids is 2. The van der Waals surface area contributed by atoms with Crippen molar-refractivity contribution in [1.29, 1.82) is 0 Å². The highest BCUT2D eigenvalue weighted by atomic mass is 79.9. The minimum absolute atomic E-state index is 0.248. The van der Waals surface area contributed by atoms with E-state index >= 15 is 0 Å². The SMILES string of the molecule is CCN1C(=O)S/C(=C/c2cc(Br)ccc2OCc2ccc(Cl)cc2)C1=O. The molecule has 2 amide bonds. The monoisotopic (exact) mass is 451 g/mol. The van der Waals surface area contributed by atoms with Crippen molar-refractivity contribution in [2.45, 2.75) is 13.5 Å². The zero-order valence-electron chi connectivity index (χ0n) is 13.9. The van der Waals surface area contributed by atoms with Gasteiger partial charge in [0.2, 0.25) is 0 Å². The Labute approximate surface area is 169 Å². The van der Waals surface area contributed by atoms with Crippen LogP contribution in [0.25, 0.3) is 6.08 Å². The summed E-state index contributed by atoms with van der Waals surface area (Å²) in [6.07, 6.45) is 1.70. The number of amides is 2. The van der Waals surface area contributed by atoms with Crippen molar-refractivity contribution in [3.05, 3.63) is 68.0 Å². The van der Waals surface area contributed by atoms with Crippen LogP contribution in [0.1, 0.15) is 18.1 Å². The molecule has 0 N–H and O–H groups in total. The molecule has 2 aromatic carbocycles. The van der Waals surface area contributed by atoms with Crippen molar-refractivity contribution in [1.82, 2.24) is 4.90 Å². The average molecular weight is 453 g/mol. The largest absolute Gasteiger partial charge is 0.488 e. The van der Waals surface area contributed by atoms with E-state index in [0.29, 0.717) is 28.8 Å². The van der Waals surface area contributed by atoms with Crippen molar-refractivity contribution >= 4 is 56.5 Å². The molecule has 0 aliphatic carbocycles. The molecule has 0 aromatic heterocycles. The number of rotatable bonds is 5. The first kappa shape index (κ1) is 19.0. The van der Waals surface area contributed by atoms with Crippen LogP contribution in [0.4, 0.5) is 4.79 Å². The number of nitrogens with zero attached hydrogens (tertiary/aromatic N) is 1. The predicted octanol–water partition coefficient (Wildman–Crippen LogP) is 5.74. The van der Waals surface area contributed by atoms with Gasteiger partial charge in [0, 0.05) is 21.6 Å². The van der Waals surface area contributed by atoms with Crippen LogP contribution in [0.15, 0.2) is 51.8 Å². The smallest absolute Gasteiger partial charge is 0.293 e. The van der Waals surface area contributed by atoms with E-state index in [1.807, 2.05) is 42.5 Å². The zero-order chi connectivity index (χ0) is 18.7. The number of thioether (sulfide) groups is 1. The molecular formula is C19H15BrClNO3S. The number of benzene rings is 2. The summed E-state index contributed by atoms with van der Waals surface area (Å²) >= 11 is 10.3. The van der Waals surface area contributed by atoms with Gasteiger partial charge in [-0.1, -0.05) is 39.7 Å². The van der Waals surface area contributed by atoms with Gasteiger partial charge in [0.15, 0.2) is 0 Å². The fraction of sp³-hybridized carbons (Fsp3) is 0.158. The molecule has 134 valence electrons. The standard InChI is InChI=1S/C19H15BrClNO3S/c1-2-22-18(23)17(26-19(22)24)10-13-9-14(20)5-8-16(13)25-11-12-3-6-15(21)7-4-12/h3-10H,2,11H2,1H3/b17-10+. The fourth-order valence-corrected chi connectivity index (χ4v) is 3.82. The highest BCUT2D eigenvalue weighted by Gasteiger charge is 2.33. The molecule has 0 spiro atoms. The van der Waals surface area contributed by atoms with Gasteiger partial charge in [0.25, 0.3) is 11.1 Å². The number of hydrogen-bond donors (Lipinski definition) is 0. The number of halogens is 2. The maximum Gasteiger partial charge on any atom is 0.293 e.